The third-order valence-electron chi connectivity index (χ3n) is 3.74. The Kier molecular flexibility index (Phi) is 8.42. The van der Waals surface area contributed by atoms with Gasteiger partial charge < -0.3 is 14.8 Å². The Morgan fingerprint density at radius 1 is 0.966 bits per heavy atom. The van der Waals surface area contributed by atoms with Crippen molar-refractivity contribution in [1.82, 2.24) is 5.32 Å². The van der Waals surface area contributed by atoms with E-state index in [0.717, 1.165) is 5.56 Å². The van der Waals surface area contributed by atoms with Crippen LogP contribution in [0.1, 0.15) is 33.2 Å². The fourth-order valence-corrected chi connectivity index (χ4v) is 3.12. The van der Waals surface area contributed by atoms with Crippen molar-refractivity contribution < 1.29 is 28.7 Å². The number of benzene rings is 2. The van der Waals surface area contributed by atoms with Gasteiger partial charge >= 0.3 is 11.9 Å². The van der Waals surface area contributed by atoms with Gasteiger partial charge in [0.25, 0.3) is 5.91 Å². The highest BCUT2D eigenvalue weighted by atomic mass is 32.2. The molecule has 2 rings (SSSR count). The van der Waals surface area contributed by atoms with E-state index < -0.39 is 24.5 Å². The van der Waals surface area contributed by atoms with Crippen LogP contribution in [0.4, 0.5) is 0 Å². The highest BCUT2D eigenvalue weighted by Crippen LogP contribution is 2.23. The summed E-state index contributed by atoms with van der Waals surface area (Å²) in [7, 11) is 1.30. The molecule has 0 radical (unpaired) electrons. The topological polar surface area (TPSA) is 98.8 Å². The molecule has 0 spiro atoms. The highest BCUT2D eigenvalue weighted by Gasteiger charge is 2.15. The first-order valence-electron chi connectivity index (χ1n) is 8.73. The van der Waals surface area contributed by atoms with E-state index in [2.05, 4.69) is 10.1 Å². The number of rotatable bonds is 9. The number of hydrogen-bond donors (Lipinski definition) is 1. The minimum atomic E-state index is -0.630. The van der Waals surface area contributed by atoms with E-state index in [4.69, 9.17) is 4.74 Å². The summed E-state index contributed by atoms with van der Waals surface area (Å²) in [4.78, 5) is 47.4. The zero-order chi connectivity index (χ0) is 21.2. The zero-order valence-corrected chi connectivity index (χ0v) is 16.9. The SMILES string of the molecule is COC(=O)c1ccc(CNC(=O)COC(=O)c2ccccc2SCC(C)=O)cc1. The largest absolute Gasteiger partial charge is 0.465 e. The third-order valence-corrected chi connectivity index (χ3v) is 4.95. The molecule has 152 valence electrons. The van der Waals surface area contributed by atoms with Crippen molar-refractivity contribution in [2.75, 3.05) is 19.5 Å². The minimum absolute atomic E-state index is 0.00262. The minimum Gasteiger partial charge on any atom is -0.465 e. The molecular formula is C21H21NO6S. The molecule has 0 unspecified atom stereocenters. The second kappa shape index (κ2) is 11.0. The number of carbonyl (C=O) groups excluding carboxylic acids is 4. The molecule has 0 saturated carbocycles. The first kappa shape index (κ1) is 22.2. The Morgan fingerprint density at radius 2 is 1.66 bits per heavy atom. The van der Waals surface area contributed by atoms with Gasteiger partial charge in [0.15, 0.2) is 6.61 Å². The van der Waals surface area contributed by atoms with Crippen LogP contribution < -0.4 is 5.32 Å². The fourth-order valence-electron chi connectivity index (χ4n) is 2.28. The van der Waals surface area contributed by atoms with Crippen LogP contribution in [0.3, 0.4) is 0 Å². The second-order valence-corrected chi connectivity index (χ2v) is 7.05. The van der Waals surface area contributed by atoms with Crippen LogP contribution in [-0.2, 0) is 25.6 Å². The molecule has 0 saturated heterocycles. The summed E-state index contributed by atoms with van der Waals surface area (Å²) in [5, 5.41) is 2.64. The molecule has 0 bridgehead atoms. The number of thioether (sulfide) groups is 1. The summed E-state index contributed by atoms with van der Waals surface area (Å²) < 4.78 is 9.71. The molecule has 2 aromatic carbocycles. The van der Waals surface area contributed by atoms with Crippen molar-refractivity contribution in [2.24, 2.45) is 0 Å². The molecule has 1 amide bonds. The highest BCUT2D eigenvalue weighted by molar-refractivity contribution is 8.00. The number of Topliss-reactive ketones (excluding diaryl/α,β-unsaturated/α-hetero) is 1. The number of amides is 1. The Balaban J connectivity index is 1.84. The third kappa shape index (κ3) is 7.08. The van der Waals surface area contributed by atoms with Crippen LogP contribution in [0.25, 0.3) is 0 Å². The fraction of sp³-hybridized carbons (Fsp3) is 0.238. The van der Waals surface area contributed by atoms with E-state index in [1.165, 1.54) is 25.8 Å². The maximum absolute atomic E-state index is 12.3. The molecule has 29 heavy (non-hydrogen) atoms. The van der Waals surface area contributed by atoms with Gasteiger partial charge in [-0.3, -0.25) is 9.59 Å². The molecule has 0 aromatic heterocycles. The van der Waals surface area contributed by atoms with Crippen LogP contribution in [0.15, 0.2) is 53.4 Å². The van der Waals surface area contributed by atoms with Gasteiger partial charge in [0.05, 0.1) is 24.0 Å². The standard InChI is InChI=1S/C21H21NO6S/c1-14(23)13-29-18-6-4-3-5-17(18)21(26)28-12-19(24)22-11-15-7-9-16(10-8-15)20(25)27-2/h3-10H,11-13H2,1-2H3,(H,22,24). The van der Waals surface area contributed by atoms with Gasteiger partial charge in [-0.15, -0.1) is 11.8 Å². The number of hydrogen-bond acceptors (Lipinski definition) is 7. The first-order chi connectivity index (χ1) is 13.9. The number of carbonyl (C=O) groups is 4. The van der Waals surface area contributed by atoms with Gasteiger partial charge in [0.2, 0.25) is 0 Å². The van der Waals surface area contributed by atoms with E-state index >= 15 is 0 Å². The van der Waals surface area contributed by atoms with Crippen molar-refractivity contribution in [3.63, 3.8) is 0 Å². The summed E-state index contributed by atoms with van der Waals surface area (Å²) in [6.07, 6.45) is 0. The average Bonchev–Trinajstić information content (AvgIpc) is 2.74. The number of ketones is 1. The van der Waals surface area contributed by atoms with Crippen LogP contribution in [0.5, 0.6) is 0 Å². The lowest BCUT2D eigenvalue weighted by molar-refractivity contribution is -0.124. The number of esters is 2. The molecule has 8 heteroatoms. The van der Waals surface area contributed by atoms with E-state index in [0.29, 0.717) is 16.0 Å². The summed E-state index contributed by atoms with van der Waals surface area (Å²) in [6.45, 7) is 1.27. The number of ether oxygens (including phenoxy) is 2. The monoisotopic (exact) mass is 415 g/mol. The second-order valence-electron chi connectivity index (χ2n) is 6.03. The summed E-state index contributed by atoms with van der Waals surface area (Å²) in [5.41, 5.74) is 1.51. The molecule has 0 aliphatic heterocycles. The number of nitrogens with one attached hydrogen (secondary N) is 1. The van der Waals surface area contributed by atoms with E-state index in [-0.39, 0.29) is 18.1 Å². The normalized spacial score (nSPS) is 10.1. The van der Waals surface area contributed by atoms with E-state index in [1.54, 1.807) is 48.5 Å². The summed E-state index contributed by atoms with van der Waals surface area (Å²) >= 11 is 1.25. The van der Waals surface area contributed by atoms with Crippen molar-refractivity contribution in [3.05, 3.63) is 65.2 Å². The average molecular weight is 415 g/mol. The Hall–Kier alpha value is -3.13. The molecule has 0 heterocycles. The van der Waals surface area contributed by atoms with Crippen LogP contribution in [-0.4, -0.2) is 43.1 Å². The Labute approximate surface area is 172 Å². The summed E-state index contributed by atoms with van der Waals surface area (Å²) in [5.74, 6) is -1.27. The van der Waals surface area contributed by atoms with Crippen molar-refractivity contribution in [2.45, 2.75) is 18.4 Å². The maximum Gasteiger partial charge on any atom is 0.339 e. The predicted octanol–water partition coefficient (Wildman–Crippen LogP) is 2.63. The number of methoxy groups -OCH3 is 1. The van der Waals surface area contributed by atoms with Gasteiger partial charge in [0, 0.05) is 11.4 Å². The zero-order valence-electron chi connectivity index (χ0n) is 16.1. The van der Waals surface area contributed by atoms with Crippen molar-refractivity contribution >= 4 is 35.4 Å². The van der Waals surface area contributed by atoms with Gasteiger partial charge in [-0.2, -0.15) is 0 Å². The molecular weight excluding hydrogens is 394 g/mol. The lowest BCUT2D eigenvalue weighted by atomic mass is 10.1. The van der Waals surface area contributed by atoms with Gasteiger partial charge in [-0.25, -0.2) is 9.59 Å². The predicted molar refractivity (Wildman–Crippen MR) is 108 cm³/mol. The molecule has 1 N–H and O–H groups in total. The van der Waals surface area contributed by atoms with Crippen molar-refractivity contribution in [3.8, 4) is 0 Å². The maximum atomic E-state index is 12.3. The van der Waals surface area contributed by atoms with Crippen LogP contribution in [0, 0.1) is 0 Å². The van der Waals surface area contributed by atoms with E-state index in [9.17, 15) is 19.2 Å². The van der Waals surface area contributed by atoms with Crippen LogP contribution >= 0.6 is 11.8 Å². The van der Waals surface area contributed by atoms with Crippen LogP contribution in [0.2, 0.25) is 0 Å². The Morgan fingerprint density at radius 3 is 2.31 bits per heavy atom. The van der Waals surface area contributed by atoms with Gasteiger partial charge in [0.1, 0.15) is 5.78 Å². The first-order valence-corrected chi connectivity index (χ1v) is 9.71. The molecule has 0 aliphatic rings. The summed E-state index contributed by atoms with van der Waals surface area (Å²) in [6, 6.07) is 13.4. The Bertz CT molecular complexity index is 894. The van der Waals surface area contributed by atoms with Gasteiger partial charge in [-0.1, -0.05) is 24.3 Å². The molecule has 0 fully saturated rings. The molecule has 2 aromatic rings. The van der Waals surface area contributed by atoms with Gasteiger partial charge in [-0.05, 0) is 36.8 Å². The van der Waals surface area contributed by atoms with Crippen molar-refractivity contribution in [1.29, 1.82) is 0 Å². The molecule has 0 atom stereocenters. The smallest absolute Gasteiger partial charge is 0.339 e. The molecule has 7 nitrogen and oxygen atoms in total. The lowest BCUT2D eigenvalue weighted by Gasteiger charge is -2.09. The van der Waals surface area contributed by atoms with E-state index in [1.807, 2.05) is 0 Å². The quantitative estimate of drug-likeness (QED) is 0.496. The lowest BCUT2D eigenvalue weighted by Crippen LogP contribution is -2.28. The molecule has 0 aliphatic carbocycles.